The highest BCUT2D eigenvalue weighted by Crippen LogP contribution is 2.30. The van der Waals surface area contributed by atoms with Gasteiger partial charge >= 0.3 is 0 Å². The maximum absolute atomic E-state index is 13.3. The molecular weight excluding hydrogens is 330 g/mol. The molecule has 7 heteroatoms. The second kappa shape index (κ2) is 6.98. The Morgan fingerprint density at radius 3 is 2.56 bits per heavy atom. The van der Waals surface area contributed by atoms with Crippen molar-refractivity contribution in [1.82, 2.24) is 4.90 Å². The van der Waals surface area contributed by atoms with Crippen molar-refractivity contribution in [2.75, 3.05) is 19.0 Å². The van der Waals surface area contributed by atoms with Crippen molar-refractivity contribution in [1.29, 1.82) is 0 Å². The number of hydrogen-bond donors (Lipinski definition) is 1. The maximum Gasteiger partial charge on any atom is 0.256 e. The molecule has 1 fully saturated rings. The van der Waals surface area contributed by atoms with Gasteiger partial charge in [-0.2, -0.15) is 0 Å². The molecule has 0 bridgehead atoms. The lowest BCUT2D eigenvalue weighted by molar-refractivity contribution is -0.160. The van der Waals surface area contributed by atoms with Gasteiger partial charge in [0.05, 0.1) is 6.04 Å². The van der Waals surface area contributed by atoms with Gasteiger partial charge in [-0.15, -0.1) is 0 Å². The molecule has 5 nitrogen and oxygen atoms in total. The second-order valence-corrected chi connectivity index (χ2v) is 5.73. The van der Waals surface area contributed by atoms with E-state index in [0.717, 1.165) is 0 Å². The van der Waals surface area contributed by atoms with Crippen LogP contribution in [0.4, 0.5) is 14.5 Å². The summed E-state index contributed by atoms with van der Waals surface area (Å²) in [4.78, 5) is 26.0. The number of benzene rings is 2. The molecule has 2 aromatic rings. The zero-order chi connectivity index (χ0) is 18.0. The molecule has 130 valence electrons. The Morgan fingerprint density at radius 2 is 1.88 bits per heavy atom. The third kappa shape index (κ3) is 3.66. The molecule has 25 heavy (non-hydrogen) atoms. The smallest absolute Gasteiger partial charge is 0.256 e. The zero-order valence-corrected chi connectivity index (χ0v) is 13.4. The topological polar surface area (TPSA) is 58.6 Å². The number of nitrogens with zero attached hydrogens (tertiary/aromatic N) is 1. The molecule has 2 aromatic carbocycles. The molecule has 1 N–H and O–H groups in total. The van der Waals surface area contributed by atoms with Crippen molar-refractivity contribution in [2.24, 2.45) is 0 Å². The van der Waals surface area contributed by atoms with Gasteiger partial charge in [0.1, 0.15) is 18.2 Å². The van der Waals surface area contributed by atoms with E-state index in [1.165, 1.54) is 47.4 Å². The van der Waals surface area contributed by atoms with Crippen LogP contribution in [0.1, 0.15) is 11.6 Å². The molecular formula is C18H16F2N2O3. The van der Waals surface area contributed by atoms with Crippen LogP contribution in [0.2, 0.25) is 0 Å². The van der Waals surface area contributed by atoms with Crippen LogP contribution < -0.4 is 5.32 Å². The van der Waals surface area contributed by atoms with Gasteiger partial charge in [0.2, 0.25) is 5.91 Å². The number of carbonyl (C=O) groups excluding carboxylic acids is 2. The van der Waals surface area contributed by atoms with E-state index in [4.69, 9.17) is 4.74 Å². The summed E-state index contributed by atoms with van der Waals surface area (Å²) in [5.74, 6) is -1.71. The lowest BCUT2D eigenvalue weighted by atomic mass is 9.97. The van der Waals surface area contributed by atoms with Gasteiger partial charge < -0.3 is 15.0 Å². The summed E-state index contributed by atoms with van der Waals surface area (Å²) in [5, 5.41) is 2.58. The molecule has 3 rings (SSSR count). The van der Waals surface area contributed by atoms with E-state index in [2.05, 4.69) is 5.32 Å². The quantitative estimate of drug-likeness (QED) is 0.929. The van der Waals surface area contributed by atoms with Crippen LogP contribution in [0.3, 0.4) is 0 Å². The Labute approximate surface area is 143 Å². The predicted octanol–water partition coefficient (Wildman–Crippen LogP) is 2.50. The highest BCUT2D eigenvalue weighted by molar-refractivity contribution is 5.96. The van der Waals surface area contributed by atoms with Crippen LogP contribution >= 0.6 is 0 Å². The Bertz CT molecular complexity index is 795. The van der Waals surface area contributed by atoms with Gasteiger partial charge in [-0.3, -0.25) is 9.59 Å². The fourth-order valence-corrected chi connectivity index (χ4v) is 2.77. The van der Waals surface area contributed by atoms with Crippen LogP contribution in [0.15, 0.2) is 48.5 Å². The fourth-order valence-electron chi connectivity index (χ4n) is 2.77. The monoisotopic (exact) mass is 346 g/mol. The van der Waals surface area contributed by atoms with E-state index >= 15 is 0 Å². The Balaban J connectivity index is 1.87. The first-order valence-electron chi connectivity index (χ1n) is 7.65. The van der Waals surface area contributed by atoms with Crippen molar-refractivity contribution in [3.05, 3.63) is 65.7 Å². The number of morpholine rings is 1. The normalized spacial score (nSPS) is 20.4. The minimum Gasteiger partial charge on any atom is -0.356 e. The molecule has 1 saturated heterocycles. The summed E-state index contributed by atoms with van der Waals surface area (Å²) in [6.07, 6.45) is -1.00. The number of amides is 2. The number of ether oxygens (including phenoxy) is 1. The average molecular weight is 346 g/mol. The van der Waals surface area contributed by atoms with Gasteiger partial charge in [-0.05, 0) is 35.9 Å². The summed E-state index contributed by atoms with van der Waals surface area (Å²) in [6, 6.07) is 10.3. The summed E-state index contributed by atoms with van der Waals surface area (Å²) in [7, 11) is 1.56. The lowest BCUT2D eigenvalue weighted by Crippen LogP contribution is -2.51. The van der Waals surface area contributed by atoms with Gasteiger partial charge in [0, 0.05) is 12.7 Å². The summed E-state index contributed by atoms with van der Waals surface area (Å²) in [5.41, 5.74) is 0.849. The molecule has 2 atom stereocenters. The first-order valence-corrected chi connectivity index (χ1v) is 7.65. The first-order chi connectivity index (χ1) is 12.0. The Morgan fingerprint density at radius 1 is 1.16 bits per heavy atom. The van der Waals surface area contributed by atoms with E-state index in [9.17, 15) is 18.4 Å². The molecule has 0 saturated carbocycles. The molecule has 0 aromatic heterocycles. The molecule has 1 heterocycles. The number of nitrogens with one attached hydrogen (secondary N) is 1. The van der Waals surface area contributed by atoms with Crippen LogP contribution in [-0.2, 0) is 14.3 Å². The standard InChI is InChI=1S/C18H16F2N2O3/c1-22-15(23)10-25-17(16(22)11-5-7-12(19)8-6-11)18(24)21-14-4-2-3-13(20)9-14/h2-9,16-17H,10H2,1H3,(H,21,24). The van der Waals surface area contributed by atoms with E-state index in [1.54, 1.807) is 13.1 Å². The van der Waals surface area contributed by atoms with Gasteiger partial charge in [0.25, 0.3) is 5.91 Å². The van der Waals surface area contributed by atoms with Crippen LogP contribution in [-0.4, -0.2) is 36.5 Å². The fraction of sp³-hybridized carbons (Fsp3) is 0.222. The number of likely N-dealkylation sites (N-methyl/N-ethyl adjacent to an activating group) is 1. The maximum atomic E-state index is 13.3. The van der Waals surface area contributed by atoms with Crippen LogP contribution in [0.5, 0.6) is 0 Å². The molecule has 1 aliphatic rings. The second-order valence-electron chi connectivity index (χ2n) is 5.73. The van der Waals surface area contributed by atoms with Crippen molar-refractivity contribution in [3.63, 3.8) is 0 Å². The minimum atomic E-state index is -1.00. The van der Waals surface area contributed by atoms with Crippen molar-refractivity contribution in [3.8, 4) is 0 Å². The number of halogens is 2. The largest absolute Gasteiger partial charge is 0.356 e. The third-order valence-electron chi connectivity index (χ3n) is 4.05. The van der Waals surface area contributed by atoms with Crippen molar-refractivity contribution >= 4 is 17.5 Å². The highest BCUT2D eigenvalue weighted by Gasteiger charge is 2.40. The minimum absolute atomic E-state index is 0.241. The van der Waals surface area contributed by atoms with E-state index < -0.39 is 29.7 Å². The predicted molar refractivity (Wildman–Crippen MR) is 86.7 cm³/mol. The number of hydrogen-bond acceptors (Lipinski definition) is 3. The summed E-state index contributed by atoms with van der Waals surface area (Å²) < 4.78 is 31.9. The summed E-state index contributed by atoms with van der Waals surface area (Å²) in [6.45, 7) is -0.241. The first kappa shape index (κ1) is 17.0. The molecule has 0 spiro atoms. The van der Waals surface area contributed by atoms with E-state index in [1.807, 2.05) is 0 Å². The number of carbonyl (C=O) groups is 2. The summed E-state index contributed by atoms with van der Waals surface area (Å²) >= 11 is 0. The average Bonchev–Trinajstić information content (AvgIpc) is 2.58. The highest BCUT2D eigenvalue weighted by atomic mass is 19.1. The SMILES string of the molecule is CN1C(=O)COC(C(=O)Nc2cccc(F)c2)C1c1ccc(F)cc1. The molecule has 2 amide bonds. The van der Waals surface area contributed by atoms with Crippen molar-refractivity contribution in [2.45, 2.75) is 12.1 Å². The number of anilines is 1. The van der Waals surface area contributed by atoms with E-state index in [-0.39, 0.29) is 18.2 Å². The molecule has 0 aliphatic carbocycles. The van der Waals surface area contributed by atoms with Gasteiger partial charge in [-0.1, -0.05) is 18.2 Å². The van der Waals surface area contributed by atoms with Gasteiger partial charge in [-0.25, -0.2) is 8.78 Å². The zero-order valence-electron chi connectivity index (χ0n) is 13.4. The molecule has 2 unspecified atom stereocenters. The van der Waals surface area contributed by atoms with Gasteiger partial charge in [0.15, 0.2) is 6.10 Å². The van der Waals surface area contributed by atoms with Crippen LogP contribution in [0, 0.1) is 11.6 Å². The van der Waals surface area contributed by atoms with E-state index in [0.29, 0.717) is 5.56 Å². The Kier molecular flexibility index (Phi) is 4.76. The van der Waals surface area contributed by atoms with Crippen LogP contribution in [0.25, 0.3) is 0 Å². The number of rotatable bonds is 3. The lowest BCUT2D eigenvalue weighted by Gasteiger charge is -2.38. The third-order valence-corrected chi connectivity index (χ3v) is 4.05. The van der Waals surface area contributed by atoms with Crippen molar-refractivity contribution < 1.29 is 23.1 Å². The molecule has 0 radical (unpaired) electrons. The molecule has 1 aliphatic heterocycles. The Hall–Kier alpha value is -2.80.